The highest BCUT2D eigenvalue weighted by Crippen LogP contribution is 2.35. The third kappa shape index (κ3) is 2.61. The van der Waals surface area contributed by atoms with Crippen LogP contribution in [0.15, 0.2) is 41.3 Å². The molecule has 2 aliphatic rings. The van der Waals surface area contributed by atoms with Crippen molar-refractivity contribution in [3.63, 3.8) is 0 Å². The molecular formula is C19H19NO4S. The van der Waals surface area contributed by atoms with Crippen molar-refractivity contribution in [3.8, 4) is 5.75 Å². The summed E-state index contributed by atoms with van der Waals surface area (Å²) >= 11 is 0. The fourth-order valence-corrected chi connectivity index (χ4v) is 5.15. The van der Waals surface area contributed by atoms with Crippen molar-refractivity contribution >= 4 is 21.5 Å². The van der Waals surface area contributed by atoms with Crippen LogP contribution in [0.4, 0.5) is 5.69 Å². The molecular weight excluding hydrogens is 338 g/mol. The average Bonchev–Trinajstić information content (AvgIpc) is 3.09. The van der Waals surface area contributed by atoms with Gasteiger partial charge in [0.25, 0.3) is 10.0 Å². The third-order valence-electron chi connectivity index (χ3n) is 4.97. The number of sulfonamides is 1. The zero-order chi connectivity index (χ0) is 17.6. The Bertz CT molecular complexity index is 965. The van der Waals surface area contributed by atoms with E-state index in [-0.39, 0.29) is 23.6 Å². The molecule has 0 N–H and O–H groups in total. The first kappa shape index (κ1) is 16.1. The quantitative estimate of drug-likeness (QED) is 0.847. The van der Waals surface area contributed by atoms with Gasteiger partial charge < -0.3 is 4.74 Å². The highest BCUT2D eigenvalue weighted by atomic mass is 32.2. The number of rotatable bonds is 3. The van der Waals surface area contributed by atoms with Gasteiger partial charge in [-0.1, -0.05) is 6.07 Å². The van der Waals surface area contributed by atoms with Crippen molar-refractivity contribution in [1.29, 1.82) is 0 Å². The van der Waals surface area contributed by atoms with Crippen LogP contribution in [0.1, 0.15) is 34.3 Å². The number of methoxy groups -OCH3 is 1. The van der Waals surface area contributed by atoms with Gasteiger partial charge in [-0.3, -0.25) is 9.10 Å². The number of hydrogen-bond donors (Lipinski definition) is 0. The molecule has 0 unspecified atom stereocenters. The minimum atomic E-state index is -3.72. The van der Waals surface area contributed by atoms with E-state index in [0.717, 1.165) is 24.8 Å². The predicted molar refractivity (Wildman–Crippen MR) is 94.9 cm³/mol. The average molecular weight is 357 g/mol. The molecule has 0 bridgehead atoms. The van der Waals surface area contributed by atoms with E-state index in [1.165, 1.54) is 17.0 Å². The standard InChI is InChI=1S/C19H19NO4S/c1-24-15-6-8-17-18(12-15)20(10-9-19(17)21)25(22,23)16-7-5-13-3-2-4-14(13)11-16/h5-8,11-12H,2-4,9-10H2,1H3. The van der Waals surface area contributed by atoms with Crippen LogP contribution in [-0.2, 0) is 22.9 Å². The van der Waals surface area contributed by atoms with Crippen LogP contribution < -0.4 is 9.04 Å². The first-order valence-corrected chi connectivity index (χ1v) is 9.80. The molecule has 130 valence electrons. The summed E-state index contributed by atoms with van der Waals surface area (Å²) in [7, 11) is -2.20. The lowest BCUT2D eigenvalue weighted by atomic mass is 10.0. The van der Waals surface area contributed by atoms with Crippen molar-refractivity contribution in [2.75, 3.05) is 18.0 Å². The van der Waals surface area contributed by atoms with E-state index in [1.807, 2.05) is 6.07 Å². The summed E-state index contributed by atoms with van der Waals surface area (Å²) in [5, 5.41) is 0. The molecule has 0 saturated carbocycles. The molecule has 0 radical (unpaired) electrons. The first-order chi connectivity index (χ1) is 12.0. The Kier molecular flexibility index (Phi) is 3.80. The molecule has 0 spiro atoms. The molecule has 4 rings (SSSR count). The number of benzene rings is 2. The van der Waals surface area contributed by atoms with Gasteiger partial charge in [0.1, 0.15) is 5.75 Å². The van der Waals surface area contributed by atoms with Gasteiger partial charge in [0.15, 0.2) is 5.78 Å². The molecule has 1 aliphatic heterocycles. The van der Waals surface area contributed by atoms with Crippen molar-refractivity contribution in [3.05, 3.63) is 53.1 Å². The summed E-state index contributed by atoms with van der Waals surface area (Å²) in [6.07, 6.45) is 3.18. The Morgan fingerprint density at radius 3 is 2.60 bits per heavy atom. The second-order valence-electron chi connectivity index (χ2n) is 6.42. The van der Waals surface area contributed by atoms with Gasteiger partial charge in [-0.25, -0.2) is 8.42 Å². The molecule has 0 saturated heterocycles. The first-order valence-electron chi connectivity index (χ1n) is 8.36. The van der Waals surface area contributed by atoms with Crippen LogP contribution in [0, 0.1) is 0 Å². The molecule has 0 aromatic heterocycles. The van der Waals surface area contributed by atoms with Gasteiger partial charge in [-0.15, -0.1) is 0 Å². The monoisotopic (exact) mass is 357 g/mol. The number of hydrogen-bond acceptors (Lipinski definition) is 4. The van der Waals surface area contributed by atoms with E-state index >= 15 is 0 Å². The number of anilines is 1. The van der Waals surface area contributed by atoms with E-state index < -0.39 is 10.0 Å². The molecule has 0 atom stereocenters. The number of nitrogens with zero attached hydrogens (tertiary/aromatic N) is 1. The number of aryl methyl sites for hydroxylation is 2. The Labute approximate surface area is 147 Å². The summed E-state index contributed by atoms with van der Waals surface area (Å²) in [4.78, 5) is 12.5. The maximum atomic E-state index is 13.2. The van der Waals surface area contributed by atoms with Crippen LogP contribution in [0.3, 0.4) is 0 Å². The molecule has 0 amide bonds. The molecule has 0 fully saturated rings. The summed E-state index contributed by atoms with van der Waals surface area (Å²) in [5.41, 5.74) is 3.17. The number of carbonyl (C=O) groups excluding carboxylic acids is 1. The minimum Gasteiger partial charge on any atom is -0.497 e. The van der Waals surface area contributed by atoms with E-state index in [9.17, 15) is 13.2 Å². The van der Waals surface area contributed by atoms with Crippen molar-refractivity contribution < 1.29 is 17.9 Å². The zero-order valence-corrected chi connectivity index (χ0v) is 14.8. The van der Waals surface area contributed by atoms with Crippen LogP contribution >= 0.6 is 0 Å². The zero-order valence-electron chi connectivity index (χ0n) is 14.0. The highest BCUT2D eigenvalue weighted by molar-refractivity contribution is 7.92. The Balaban J connectivity index is 1.81. The second kappa shape index (κ2) is 5.88. The minimum absolute atomic E-state index is 0.0435. The SMILES string of the molecule is COc1ccc2c(c1)N(S(=O)(=O)c1ccc3c(c1)CCC3)CCC2=O. The predicted octanol–water partition coefficient (Wildman–Crippen LogP) is 2.97. The maximum absolute atomic E-state index is 13.2. The number of ether oxygens (including phenoxy) is 1. The normalized spacial score (nSPS) is 16.5. The van der Waals surface area contributed by atoms with Crippen molar-refractivity contribution in [2.45, 2.75) is 30.6 Å². The lowest BCUT2D eigenvalue weighted by Gasteiger charge is -2.30. The van der Waals surface area contributed by atoms with Gasteiger partial charge in [-0.2, -0.15) is 0 Å². The highest BCUT2D eigenvalue weighted by Gasteiger charge is 2.33. The second-order valence-corrected chi connectivity index (χ2v) is 8.28. The third-order valence-corrected chi connectivity index (χ3v) is 6.78. The van der Waals surface area contributed by atoms with Crippen LogP contribution in [0.25, 0.3) is 0 Å². The van der Waals surface area contributed by atoms with Gasteiger partial charge in [-0.05, 0) is 54.7 Å². The lowest BCUT2D eigenvalue weighted by Crippen LogP contribution is -2.37. The van der Waals surface area contributed by atoms with Gasteiger partial charge in [0.05, 0.1) is 17.7 Å². The number of ketones is 1. The van der Waals surface area contributed by atoms with Crippen LogP contribution in [0.5, 0.6) is 5.75 Å². The van der Waals surface area contributed by atoms with Gasteiger partial charge >= 0.3 is 0 Å². The molecule has 25 heavy (non-hydrogen) atoms. The van der Waals surface area contributed by atoms with Gasteiger partial charge in [0, 0.05) is 24.6 Å². The summed E-state index contributed by atoms with van der Waals surface area (Å²) in [6.45, 7) is 0.151. The van der Waals surface area contributed by atoms with E-state index in [0.29, 0.717) is 17.0 Å². The molecule has 2 aromatic rings. The molecule has 1 aliphatic carbocycles. The lowest BCUT2D eigenvalue weighted by molar-refractivity contribution is 0.0982. The Morgan fingerprint density at radius 1 is 1.00 bits per heavy atom. The largest absolute Gasteiger partial charge is 0.497 e. The van der Waals surface area contributed by atoms with E-state index in [4.69, 9.17) is 4.74 Å². The molecule has 1 heterocycles. The molecule has 5 nitrogen and oxygen atoms in total. The summed E-state index contributed by atoms with van der Waals surface area (Å²) in [5.74, 6) is 0.487. The molecule has 6 heteroatoms. The van der Waals surface area contributed by atoms with Crippen LogP contribution in [0.2, 0.25) is 0 Å². The van der Waals surface area contributed by atoms with Crippen LogP contribution in [-0.4, -0.2) is 27.9 Å². The summed E-state index contributed by atoms with van der Waals surface area (Å²) in [6, 6.07) is 10.3. The van der Waals surface area contributed by atoms with Gasteiger partial charge in [0.2, 0.25) is 0 Å². The fourth-order valence-electron chi connectivity index (χ4n) is 3.62. The molecule has 2 aromatic carbocycles. The number of carbonyl (C=O) groups is 1. The maximum Gasteiger partial charge on any atom is 0.264 e. The Morgan fingerprint density at radius 2 is 1.80 bits per heavy atom. The van der Waals surface area contributed by atoms with Crippen molar-refractivity contribution in [2.24, 2.45) is 0 Å². The smallest absolute Gasteiger partial charge is 0.264 e. The Hall–Kier alpha value is -2.34. The topological polar surface area (TPSA) is 63.7 Å². The number of fused-ring (bicyclic) bond motifs is 2. The number of Topliss-reactive ketones (excluding diaryl/α,β-unsaturated/α-hetero) is 1. The van der Waals surface area contributed by atoms with E-state index in [2.05, 4.69) is 0 Å². The van der Waals surface area contributed by atoms with E-state index in [1.54, 1.807) is 30.3 Å². The summed E-state index contributed by atoms with van der Waals surface area (Å²) < 4.78 is 33.0. The van der Waals surface area contributed by atoms with Crippen molar-refractivity contribution in [1.82, 2.24) is 0 Å². The fraction of sp³-hybridized carbons (Fsp3) is 0.316.